The van der Waals surface area contributed by atoms with Crippen LogP contribution in [-0.2, 0) is 12.8 Å². The van der Waals surface area contributed by atoms with Crippen molar-refractivity contribution in [3.8, 4) is 0 Å². The van der Waals surface area contributed by atoms with E-state index in [-0.39, 0.29) is 7.43 Å². The molecule has 1 aromatic rings. The van der Waals surface area contributed by atoms with Gasteiger partial charge in [-0.25, -0.2) is 0 Å². The summed E-state index contributed by atoms with van der Waals surface area (Å²) in [4.78, 5) is 0. The van der Waals surface area contributed by atoms with Crippen molar-refractivity contribution in [2.45, 2.75) is 53.9 Å². The van der Waals surface area contributed by atoms with Crippen LogP contribution in [-0.4, -0.2) is 0 Å². The van der Waals surface area contributed by atoms with Crippen LogP contribution < -0.4 is 0 Å². The number of fused-ring (bicyclic) bond motifs is 1. The van der Waals surface area contributed by atoms with Crippen molar-refractivity contribution in [1.82, 2.24) is 0 Å². The fourth-order valence-electron chi connectivity index (χ4n) is 1.86. The number of aryl methyl sites for hydroxylation is 3. The second kappa shape index (κ2) is 6.64. The van der Waals surface area contributed by atoms with E-state index in [0.29, 0.717) is 0 Å². The first-order chi connectivity index (χ1) is 6.36. The first-order valence-electron chi connectivity index (χ1n) is 5.45. The molecule has 1 aliphatic carbocycles. The van der Waals surface area contributed by atoms with Crippen molar-refractivity contribution in [2.24, 2.45) is 0 Å². The number of benzene rings is 1. The third-order valence-electron chi connectivity index (χ3n) is 2.50. The summed E-state index contributed by atoms with van der Waals surface area (Å²) in [5.41, 5.74) is 4.59. The highest BCUT2D eigenvalue weighted by molar-refractivity contribution is 5.32. The van der Waals surface area contributed by atoms with E-state index in [1.54, 1.807) is 11.1 Å². The molecule has 0 aromatic heterocycles. The zero-order valence-corrected chi connectivity index (χ0v) is 9.06. The van der Waals surface area contributed by atoms with E-state index < -0.39 is 0 Å². The summed E-state index contributed by atoms with van der Waals surface area (Å²) in [6.45, 7) is 6.18. The minimum absolute atomic E-state index is 0. The molecule has 0 spiro atoms. The molecule has 2 rings (SSSR count). The second-order valence-corrected chi connectivity index (χ2v) is 3.48. The third kappa shape index (κ3) is 3.17. The Labute approximate surface area is 89.4 Å². The van der Waals surface area contributed by atoms with Gasteiger partial charge in [-0.2, -0.15) is 0 Å². The van der Waals surface area contributed by atoms with E-state index in [2.05, 4.69) is 25.1 Å². The molecular weight excluding hydrogens is 168 g/mol. The van der Waals surface area contributed by atoms with Gasteiger partial charge >= 0.3 is 0 Å². The lowest BCUT2D eigenvalue weighted by molar-refractivity contribution is 0.685. The van der Waals surface area contributed by atoms with E-state index in [4.69, 9.17) is 0 Å². The van der Waals surface area contributed by atoms with Gasteiger partial charge in [0.25, 0.3) is 0 Å². The standard InChI is InChI=1S/C11H14.C2H6.CH4/c1-9-6-7-10-4-2-3-5-11(10)8-9;1-2;/h6-8H,2-5H2,1H3;1-2H3;1H4. The molecule has 80 valence electrons. The van der Waals surface area contributed by atoms with Crippen LogP contribution in [0, 0.1) is 6.92 Å². The van der Waals surface area contributed by atoms with Gasteiger partial charge in [-0.1, -0.05) is 45.0 Å². The molecule has 0 radical (unpaired) electrons. The Morgan fingerprint density at radius 2 is 1.50 bits per heavy atom. The maximum atomic E-state index is 2.34. The SMILES string of the molecule is C.CC.Cc1ccc2c(c1)CCCC2. The molecule has 0 saturated carbocycles. The van der Waals surface area contributed by atoms with Gasteiger partial charge in [0.05, 0.1) is 0 Å². The Kier molecular flexibility index (Phi) is 6.27. The summed E-state index contributed by atoms with van der Waals surface area (Å²) in [6.07, 6.45) is 5.37. The normalized spacial score (nSPS) is 13.1. The smallest absolute Gasteiger partial charge is 0.0276 e. The lowest BCUT2D eigenvalue weighted by Crippen LogP contribution is -2.01. The average molecular weight is 192 g/mol. The molecule has 0 heteroatoms. The monoisotopic (exact) mass is 192 g/mol. The maximum Gasteiger partial charge on any atom is -0.0276 e. The summed E-state index contributed by atoms with van der Waals surface area (Å²) >= 11 is 0. The van der Waals surface area contributed by atoms with Crippen LogP contribution in [0.5, 0.6) is 0 Å². The van der Waals surface area contributed by atoms with Gasteiger partial charge < -0.3 is 0 Å². The number of hydrogen-bond acceptors (Lipinski definition) is 0. The van der Waals surface area contributed by atoms with E-state index in [1.165, 1.54) is 31.2 Å². The Hall–Kier alpha value is -0.780. The molecule has 1 aliphatic rings. The zero-order chi connectivity index (χ0) is 9.68. The van der Waals surface area contributed by atoms with Crippen LogP contribution in [0.2, 0.25) is 0 Å². The molecule has 1 aromatic carbocycles. The van der Waals surface area contributed by atoms with Crippen molar-refractivity contribution >= 4 is 0 Å². The molecule has 0 nitrogen and oxygen atoms in total. The van der Waals surface area contributed by atoms with Crippen molar-refractivity contribution < 1.29 is 0 Å². The minimum atomic E-state index is 0. The molecule has 0 heterocycles. The predicted molar refractivity (Wildman–Crippen MR) is 65.9 cm³/mol. The van der Waals surface area contributed by atoms with Crippen molar-refractivity contribution in [1.29, 1.82) is 0 Å². The minimum Gasteiger partial charge on any atom is -0.0776 e. The molecule has 0 atom stereocenters. The zero-order valence-electron chi connectivity index (χ0n) is 9.06. The largest absolute Gasteiger partial charge is 0.0776 e. The number of hydrogen-bond donors (Lipinski definition) is 0. The molecule has 0 aliphatic heterocycles. The Bertz CT molecular complexity index is 261. The van der Waals surface area contributed by atoms with Crippen LogP contribution in [0.25, 0.3) is 0 Å². The van der Waals surface area contributed by atoms with Gasteiger partial charge in [-0.05, 0) is 43.7 Å². The summed E-state index contributed by atoms with van der Waals surface area (Å²) < 4.78 is 0. The highest BCUT2D eigenvalue weighted by Gasteiger charge is 2.07. The first-order valence-corrected chi connectivity index (χ1v) is 5.45. The van der Waals surface area contributed by atoms with Crippen molar-refractivity contribution in [2.75, 3.05) is 0 Å². The van der Waals surface area contributed by atoms with E-state index in [9.17, 15) is 0 Å². The summed E-state index contributed by atoms with van der Waals surface area (Å²) in [5.74, 6) is 0. The average Bonchev–Trinajstić information content (AvgIpc) is 2.21. The van der Waals surface area contributed by atoms with Crippen LogP contribution in [0.3, 0.4) is 0 Å². The van der Waals surface area contributed by atoms with Crippen LogP contribution in [0.15, 0.2) is 18.2 Å². The molecule has 0 fully saturated rings. The van der Waals surface area contributed by atoms with Crippen molar-refractivity contribution in [3.05, 3.63) is 34.9 Å². The van der Waals surface area contributed by atoms with Gasteiger partial charge in [0.2, 0.25) is 0 Å². The topological polar surface area (TPSA) is 0 Å². The van der Waals surface area contributed by atoms with Crippen LogP contribution >= 0.6 is 0 Å². The summed E-state index contributed by atoms with van der Waals surface area (Å²) in [6, 6.07) is 6.86. The molecular formula is C14H24. The fourth-order valence-corrected chi connectivity index (χ4v) is 1.86. The lowest BCUT2D eigenvalue weighted by atomic mass is 9.91. The van der Waals surface area contributed by atoms with E-state index in [1.807, 2.05) is 13.8 Å². The molecule has 0 N–H and O–H groups in total. The van der Waals surface area contributed by atoms with Gasteiger partial charge in [0, 0.05) is 0 Å². The summed E-state index contributed by atoms with van der Waals surface area (Å²) in [7, 11) is 0. The van der Waals surface area contributed by atoms with Gasteiger partial charge in [0.1, 0.15) is 0 Å². The van der Waals surface area contributed by atoms with Crippen LogP contribution in [0.4, 0.5) is 0 Å². The van der Waals surface area contributed by atoms with E-state index in [0.717, 1.165) is 0 Å². The molecule has 0 bridgehead atoms. The van der Waals surface area contributed by atoms with Gasteiger partial charge in [-0.3, -0.25) is 0 Å². The quantitative estimate of drug-likeness (QED) is 0.566. The van der Waals surface area contributed by atoms with Gasteiger partial charge in [0.15, 0.2) is 0 Å². The highest BCUT2D eigenvalue weighted by Crippen LogP contribution is 2.21. The Morgan fingerprint density at radius 3 is 2.14 bits per heavy atom. The highest BCUT2D eigenvalue weighted by atomic mass is 14.1. The van der Waals surface area contributed by atoms with E-state index >= 15 is 0 Å². The Morgan fingerprint density at radius 1 is 0.929 bits per heavy atom. The van der Waals surface area contributed by atoms with Crippen molar-refractivity contribution in [3.63, 3.8) is 0 Å². The van der Waals surface area contributed by atoms with Gasteiger partial charge in [-0.15, -0.1) is 0 Å². The molecule has 0 saturated heterocycles. The fraction of sp³-hybridized carbons (Fsp3) is 0.571. The molecule has 14 heavy (non-hydrogen) atoms. The summed E-state index contributed by atoms with van der Waals surface area (Å²) in [5, 5.41) is 0. The number of rotatable bonds is 0. The molecule has 0 amide bonds. The van der Waals surface area contributed by atoms with Crippen LogP contribution in [0.1, 0.15) is 50.8 Å². The Balaban J connectivity index is 0.000000531. The predicted octanol–water partition coefficient (Wildman–Crippen LogP) is 4.54. The second-order valence-electron chi connectivity index (χ2n) is 3.48. The lowest BCUT2D eigenvalue weighted by Gasteiger charge is -2.15. The first kappa shape index (κ1) is 13.2. The molecule has 0 unspecified atom stereocenters. The third-order valence-corrected chi connectivity index (χ3v) is 2.50. The maximum absolute atomic E-state index is 2.34.